The maximum absolute atomic E-state index is 12.3. The fourth-order valence-corrected chi connectivity index (χ4v) is 2.63. The fourth-order valence-electron chi connectivity index (χ4n) is 2.63. The molecule has 3 N–H and O–H groups in total. The highest BCUT2D eigenvalue weighted by molar-refractivity contribution is 5.81. The number of ether oxygens (including phenoxy) is 1. The molecule has 126 valence electrons. The minimum atomic E-state index is -0.544. The maximum atomic E-state index is 12.3. The molecule has 0 aliphatic carbocycles. The number of nitrogens with two attached hydrogens (primary N) is 1. The summed E-state index contributed by atoms with van der Waals surface area (Å²) in [5, 5.41) is 2.80. The number of carbonyl (C=O) groups excluding carboxylic acids is 2. The first-order chi connectivity index (χ1) is 11.1. The van der Waals surface area contributed by atoms with E-state index in [1.807, 2.05) is 30.3 Å². The largest absolute Gasteiger partial charge is 0.445 e. The molecule has 2 rings (SSSR count). The van der Waals surface area contributed by atoms with E-state index in [0.717, 1.165) is 24.8 Å². The fraction of sp³-hybridized carbons (Fsp3) is 0.529. The number of rotatable bonds is 5. The Morgan fingerprint density at radius 2 is 2.09 bits per heavy atom. The van der Waals surface area contributed by atoms with Crippen LogP contribution in [0.1, 0.15) is 31.7 Å². The van der Waals surface area contributed by atoms with E-state index in [2.05, 4.69) is 5.32 Å². The van der Waals surface area contributed by atoms with Crippen LogP contribution in [0.3, 0.4) is 0 Å². The molecule has 0 unspecified atom stereocenters. The van der Waals surface area contributed by atoms with Crippen LogP contribution in [0.25, 0.3) is 0 Å². The number of nitrogens with zero attached hydrogens (tertiary/aromatic N) is 1. The first-order valence-corrected chi connectivity index (χ1v) is 8.08. The Labute approximate surface area is 137 Å². The second kappa shape index (κ2) is 8.53. The lowest BCUT2D eigenvalue weighted by atomic mass is 10.0. The quantitative estimate of drug-likeness (QED) is 0.864. The SMILES string of the molecule is C[C@H](N)C(=O)NC[C@@H]1CCCCN1C(=O)OCc1ccccc1. The van der Waals surface area contributed by atoms with Gasteiger partial charge in [0.15, 0.2) is 0 Å². The third-order valence-electron chi connectivity index (χ3n) is 3.99. The first-order valence-electron chi connectivity index (χ1n) is 8.08. The molecule has 6 nitrogen and oxygen atoms in total. The molecule has 1 fully saturated rings. The van der Waals surface area contributed by atoms with E-state index in [0.29, 0.717) is 13.1 Å². The van der Waals surface area contributed by atoms with Crippen molar-refractivity contribution >= 4 is 12.0 Å². The highest BCUT2D eigenvalue weighted by Crippen LogP contribution is 2.18. The van der Waals surface area contributed by atoms with Crippen molar-refractivity contribution in [3.63, 3.8) is 0 Å². The monoisotopic (exact) mass is 319 g/mol. The minimum Gasteiger partial charge on any atom is -0.445 e. The number of benzene rings is 1. The van der Waals surface area contributed by atoms with Crippen molar-refractivity contribution < 1.29 is 14.3 Å². The summed E-state index contributed by atoms with van der Waals surface area (Å²) in [4.78, 5) is 25.6. The maximum Gasteiger partial charge on any atom is 0.410 e. The summed E-state index contributed by atoms with van der Waals surface area (Å²) in [5.41, 5.74) is 6.50. The summed E-state index contributed by atoms with van der Waals surface area (Å²) in [5.74, 6) is -0.201. The van der Waals surface area contributed by atoms with Gasteiger partial charge in [-0.25, -0.2) is 4.79 Å². The van der Waals surface area contributed by atoms with E-state index < -0.39 is 6.04 Å². The van der Waals surface area contributed by atoms with Gasteiger partial charge in [0.05, 0.1) is 12.1 Å². The highest BCUT2D eigenvalue weighted by Gasteiger charge is 2.28. The van der Waals surface area contributed by atoms with E-state index in [1.54, 1.807) is 11.8 Å². The molecule has 0 aromatic heterocycles. The van der Waals surface area contributed by atoms with Crippen molar-refractivity contribution in [3.8, 4) is 0 Å². The smallest absolute Gasteiger partial charge is 0.410 e. The van der Waals surface area contributed by atoms with Gasteiger partial charge < -0.3 is 20.7 Å². The van der Waals surface area contributed by atoms with Gasteiger partial charge >= 0.3 is 6.09 Å². The van der Waals surface area contributed by atoms with Crippen molar-refractivity contribution in [2.45, 2.75) is 44.9 Å². The molecular weight excluding hydrogens is 294 g/mol. The second-order valence-electron chi connectivity index (χ2n) is 5.92. The lowest BCUT2D eigenvalue weighted by Gasteiger charge is -2.35. The van der Waals surface area contributed by atoms with Gasteiger partial charge in [0, 0.05) is 13.1 Å². The normalized spacial score (nSPS) is 19.0. The zero-order valence-corrected chi connectivity index (χ0v) is 13.5. The van der Waals surface area contributed by atoms with Crippen LogP contribution in [0, 0.1) is 0 Å². The van der Waals surface area contributed by atoms with E-state index in [9.17, 15) is 9.59 Å². The van der Waals surface area contributed by atoms with E-state index >= 15 is 0 Å². The predicted molar refractivity (Wildman–Crippen MR) is 87.6 cm³/mol. The third-order valence-corrected chi connectivity index (χ3v) is 3.99. The van der Waals surface area contributed by atoms with Crippen LogP contribution in [0.5, 0.6) is 0 Å². The van der Waals surface area contributed by atoms with Gasteiger partial charge in [-0.15, -0.1) is 0 Å². The van der Waals surface area contributed by atoms with Gasteiger partial charge in [-0.3, -0.25) is 4.79 Å². The Morgan fingerprint density at radius 1 is 1.35 bits per heavy atom. The number of carbonyl (C=O) groups is 2. The lowest BCUT2D eigenvalue weighted by Crippen LogP contribution is -2.51. The van der Waals surface area contributed by atoms with Gasteiger partial charge in [0.1, 0.15) is 6.61 Å². The van der Waals surface area contributed by atoms with E-state index in [1.165, 1.54) is 0 Å². The molecule has 0 saturated carbocycles. The number of hydrogen-bond acceptors (Lipinski definition) is 4. The molecule has 0 bridgehead atoms. The molecule has 0 spiro atoms. The number of amides is 2. The average molecular weight is 319 g/mol. The van der Waals surface area contributed by atoms with Crippen LogP contribution in [0.2, 0.25) is 0 Å². The molecule has 2 atom stereocenters. The Morgan fingerprint density at radius 3 is 2.78 bits per heavy atom. The van der Waals surface area contributed by atoms with Gasteiger partial charge in [-0.05, 0) is 31.7 Å². The molecule has 1 aliphatic heterocycles. The van der Waals surface area contributed by atoms with Crippen molar-refractivity contribution in [3.05, 3.63) is 35.9 Å². The minimum absolute atomic E-state index is 0.0327. The topological polar surface area (TPSA) is 84.7 Å². The second-order valence-corrected chi connectivity index (χ2v) is 5.92. The van der Waals surface area contributed by atoms with Gasteiger partial charge in [-0.1, -0.05) is 30.3 Å². The summed E-state index contributed by atoms with van der Waals surface area (Å²) >= 11 is 0. The summed E-state index contributed by atoms with van der Waals surface area (Å²) in [6.45, 7) is 2.98. The third kappa shape index (κ3) is 5.25. The Kier molecular flexibility index (Phi) is 6.40. The van der Waals surface area contributed by atoms with Gasteiger partial charge in [-0.2, -0.15) is 0 Å². The number of hydrogen-bond donors (Lipinski definition) is 2. The number of piperidine rings is 1. The van der Waals surface area contributed by atoms with Crippen LogP contribution in [-0.2, 0) is 16.1 Å². The summed E-state index contributed by atoms with van der Waals surface area (Å²) in [6.07, 6.45) is 2.53. The molecule has 6 heteroatoms. The Hall–Kier alpha value is -2.08. The van der Waals surface area contributed by atoms with Crippen molar-refractivity contribution in [1.29, 1.82) is 0 Å². The Bertz CT molecular complexity index is 519. The zero-order chi connectivity index (χ0) is 16.7. The molecule has 1 aliphatic rings. The first kappa shape index (κ1) is 17.3. The highest BCUT2D eigenvalue weighted by atomic mass is 16.6. The molecular formula is C17H25N3O3. The van der Waals surface area contributed by atoms with Crippen LogP contribution >= 0.6 is 0 Å². The summed E-state index contributed by atoms with van der Waals surface area (Å²) in [6, 6.07) is 9.01. The molecule has 1 aromatic rings. The van der Waals surface area contributed by atoms with Crippen molar-refractivity contribution in [2.75, 3.05) is 13.1 Å². The van der Waals surface area contributed by atoms with Crippen LogP contribution in [-0.4, -0.2) is 42.1 Å². The summed E-state index contributed by atoms with van der Waals surface area (Å²) < 4.78 is 5.40. The van der Waals surface area contributed by atoms with Crippen LogP contribution < -0.4 is 11.1 Å². The summed E-state index contributed by atoms with van der Waals surface area (Å²) in [7, 11) is 0. The molecule has 23 heavy (non-hydrogen) atoms. The van der Waals surface area contributed by atoms with Crippen LogP contribution in [0.15, 0.2) is 30.3 Å². The molecule has 2 amide bonds. The van der Waals surface area contributed by atoms with Gasteiger partial charge in [0.25, 0.3) is 0 Å². The molecule has 1 aromatic carbocycles. The zero-order valence-electron chi connectivity index (χ0n) is 13.5. The van der Waals surface area contributed by atoms with Crippen molar-refractivity contribution in [1.82, 2.24) is 10.2 Å². The van der Waals surface area contributed by atoms with Gasteiger partial charge in [0.2, 0.25) is 5.91 Å². The lowest BCUT2D eigenvalue weighted by molar-refractivity contribution is -0.122. The average Bonchev–Trinajstić information content (AvgIpc) is 2.58. The van der Waals surface area contributed by atoms with Crippen LogP contribution in [0.4, 0.5) is 4.79 Å². The Balaban J connectivity index is 1.86. The molecule has 1 heterocycles. The molecule has 1 saturated heterocycles. The van der Waals surface area contributed by atoms with E-state index in [-0.39, 0.29) is 24.6 Å². The van der Waals surface area contributed by atoms with E-state index in [4.69, 9.17) is 10.5 Å². The predicted octanol–water partition coefficient (Wildman–Crippen LogP) is 1.64. The number of likely N-dealkylation sites (tertiary alicyclic amines) is 1. The molecule has 0 radical (unpaired) electrons. The number of nitrogens with one attached hydrogen (secondary N) is 1. The standard InChI is InChI=1S/C17H25N3O3/c1-13(18)16(21)19-11-15-9-5-6-10-20(15)17(22)23-12-14-7-3-2-4-8-14/h2-4,7-8,13,15H,5-6,9-12,18H2,1H3,(H,19,21)/t13-,15-/m0/s1. The van der Waals surface area contributed by atoms with Crippen molar-refractivity contribution in [2.24, 2.45) is 5.73 Å².